The monoisotopic (exact) mass is 422 g/mol. The zero-order chi connectivity index (χ0) is 22.1. The number of amides is 1. The van der Waals surface area contributed by atoms with E-state index in [1.54, 1.807) is 13.0 Å². The smallest absolute Gasteiger partial charge is 0.316 e. The second kappa shape index (κ2) is 8.23. The quantitative estimate of drug-likeness (QED) is 0.181. The van der Waals surface area contributed by atoms with Gasteiger partial charge in [0.1, 0.15) is 0 Å². The lowest BCUT2D eigenvalue weighted by Gasteiger charge is -2.55. The van der Waals surface area contributed by atoms with Gasteiger partial charge >= 0.3 is 11.7 Å². The number of rotatable bonds is 7. The summed E-state index contributed by atoms with van der Waals surface area (Å²) in [5, 5.41) is 14.0. The second-order valence-corrected chi connectivity index (χ2v) is 11.3. The van der Waals surface area contributed by atoms with E-state index < -0.39 is 43.4 Å². The predicted octanol–water partition coefficient (Wildman–Crippen LogP) is 3.06. The van der Waals surface area contributed by atoms with Gasteiger partial charge in [-0.15, -0.1) is 0 Å². The van der Waals surface area contributed by atoms with Crippen LogP contribution in [0.15, 0.2) is 24.3 Å². The van der Waals surface area contributed by atoms with Gasteiger partial charge < -0.3 is 14.5 Å². The third kappa shape index (κ3) is 4.50. The Kier molecular flexibility index (Phi) is 6.54. The molecule has 8 nitrogen and oxygen atoms in total. The summed E-state index contributed by atoms with van der Waals surface area (Å²) >= 11 is 0. The number of esters is 1. The van der Waals surface area contributed by atoms with E-state index in [1.165, 1.54) is 18.2 Å². The second-order valence-electron chi connectivity index (χ2n) is 8.97. The lowest BCUT2D eigenvalue weighted by atomic mass is 9.62. The van der Waals surface area contributed by atoms with E-state index in [0.717, 1.165) is 0 Å². The first kappa shape index (κ1) is 23.0. The van der Waals surface area contributed by atoms with Crippen LogP contribution in [0.1, 0.15) is 34.6 Å². The van der Waals surface area contributed by atoms with Gasteiger partial charge in [-0.05, 0) is 38.4 Å². The minimum atomic E-state index is -1.49. The minimum Gasteiger partial charge on any atom is -0.419 e. The molecule has 0 aromatic heterocycles. The molecule has 1 saturated heterocycles. The van der Waals surface area contributed by atoms with Gasteiger partial charge in [0.2, 0.25) is 11.7 Å². The SMILES string of the molecule is C[C@@H](C(=O)Oc1ccccc1[N+](=O)[O-])[C@H]1NC(=O)[C@@H]1[C@@](C)(O[SiH](C)C)C(C)(C)C. The van der Waals surface area contributed by atoms with Crippen molar-refractivity contribution in [2.24, 2.45) is 17.3 Å². The lowest BCUT2D eigenvalue weighted by Crippen LogP contribution is -2.72. The Balaban J connectivity index is 2.26. The molecule has 1 aromatic carbocycles. The average Bonchev–Trinajstić information content (AvgIpc) is 2.57. The highest BCUT2D eigenvalue weighted by molar-refractivity contribution is 6.48. The van der Waals surface area contributed by atoms with Crippen LogP contribution in [0.2, 0.25) is 13.1 Å². The normalized spacial score (nSPS) is 22.3. The molecule has 0 spiro atoms. The molecule has 0 radical (unpaired) electrons. The number of nitrogens with zero attached hydrogens (tertiary/aromatic N) is 1. The highest BCUT2D eigenvalue weighted by atomic mass is 28.3. The summed E-state index contributed by atoms with van der Waals surface area (Å²) in [6.45, 7) is 13.7. The number of carbonyl (C=O) groups excluding carboxylic acids is 2. The number of β-lactam (4-membered cyclic amide) rings is 1. The maximum atomic E-state index is 12.7. The fourth-order valence-corrected chi connectivity index (χ4v) is 5.14. The first-order valence-corrected chi connectivity index (χ1v) is 12.5. The highest BCUT2D eigenvalue weighted by Gasteiger charge is 2.59. The predicted molar refractivity (Wildman–Crippen MR) is 111 cm³/mol. The molecule has 0 aliphatic carbocycles. The van der Waals surface area contributed by atoms with Crippen molar-refractivity contribution in [3.05, 3.63) is 34.4 Å². The Bertz CT molecular complexity index is 806. The van der Waals surface area contributed by atoms with Gasteiger partial charge in [-0.3, -0.25) is 19.7 Å². The van der Waals surface area contributed by atoms with Gasteiger partial charge in [0.05, 0.1) is 28.4 Å². The van der Waals surface area contributed by atoms with E-state index in [2.05, 4.69) is 5.32 Å². The van der Waals surface area contributed by atoms with Crippen molar-refractivity contribution in [1.82, 2.24) is 5.32 Å². The molecule has 1 N–H and O–H groups in total. The summed E-state index contributed by atoms with van der Waals surface area (Å²) in [7, 11) is -1.49. The van der Waals surface area contributed by atoms with E-state index in [0.29, 0.717) is 0 Å². The van der Waals surface area contributed by atoms with Crippen molar-refractivity contribution in [3.8, 4) is 5.75 Å². The van der Waals surface area contributed by atoms with Crippen LogP contribution < -0.4 is 10.1 Å². The van der Waals surface area contributed by atoms with E-state index in [1.807, 2.05) is 40.8 Å². The molecular formula is C20H30N2O6Si. The fraction of sp³-hybridized carbons (Fsp3) is 0.600. The molecule has 29 heavy (non-hydrogen) atoms. The zero-order valence-electron chi connectivity index (χ0n) is 18.0. The van der Waals surface area contributed by atoms with Crippen molar-refractivity contribution in [2.75, 3.05) is 0 Å². The summed E-state index contributed by atoms with van der Waals surface area (Å²) in [5.74, 6) is -2.12. The number of nitrogens with one attached hydrogen (secondary N) is 1. The zero-order valence-corrected chi connectivity index (χ0v) is 19.2. The number of carbonyl (C=O) groups is 2. The summed E-state index contributed by atoms with van der Waals surface area (Å²) < 4.78 is 11.7. The minimum absolute atomic E-state index is 0.110. The Morgan fingerprint density at radius 1 is 1.24 bits per heavy atom. The number of nitro groups is 1. The van der Waals surface area contributed by atoms with Crippen molar-refractivity contribution >= 4 is 26.6 Å². The Hall–Kier alpha value is -2.26. The summed E-state index contributed by atoms with van der Waals surface area (Å²) in [4.78, 5) is 35.8. The van der Waals surface area contributed by atoms with E-state index >= 15 is 0 Å². The van der Waals surface area contributed by atoms with Crippen LogP contribution in [0.3, 0.4) is 0 Å². The molecule has 1 aliphatic rings. The molecule has 0 bridgehead atoms. The van der Waals surface area contributed by atoms with Gasteiger partial charge in [-0.2, -0.15) is 0 Å². The molecule has 1 heterocycles. The molecule has 1 fully saturated rings. The van der Waals surface area contributed by atoms with Gasteiger partial charge in [0, 0.05) is 6.07 Å². The number of hydrogen-bond donors (Lipinski definition) is 1. The Morgan fingerprint density at radius 3 is 2.31 bits per heavy atom. The number of nitro benzene ring substituents is 1. The fourth-order valence-electron chi connectivity index (χ4n) is 3.66. The number of benzene rings is 1. The van der Waals surface area contributed by atoms with Crippen LogP contribution in [-0.4, -0.2) is 37.5 Å². The molecular weight excluding hydrogens is 392 g/mol. The van der Waals surface area contributed by atoms with Crippen molar-refractivity contribution in [1.29, 1.82) is 0 Å². The van der Waals surface area contributed by atoms with Crippen LogP contribution in [0.5, 0.6) is 5.75 Å². The van der Waals surface area contributed by atoms with Crippen molar-refractivity contribution < 1.29 is 23.7 Å². The number of hydrogen-bond acceptors (Lipinski definition) is 6. The Morgan fingerprint density at radius 2 is 1.83 bits per heavy atom. The van der Waals surface area contributed by atoms with Gasteiger partial charge in [0.15, 0.2) is 9.04 Å². The van der Waals surface area contributed by atoms with E-state index in [-0.39, 0.29) is 22.8 Å². The molecule has 4 atom stereocenters. The van der Waals surface area contributed by atoms with Crippen LogP contribution >= 0.6 is 0 Å². The van der Waals surface area contributed by atoms with Crippen molar-refractivity contribution in [3.63, 3.8) is 0 Å². The molecule has 2 rings (SSSR count). The summed E-state index contributed by atoms with van der Waals surface area (Å²) in [5.41, 5.74) is -1.38. The highest BCUT2D eigenvalue weighted by Crippen LogP contribution is 2.46. The Labute approximate surface area is 172 Å². The van der Waals surface area contributed by atoms with Gasteiger partial charge in [-0.1, -0.05) is 32.9 Å². The van der Waals surface area contributed by atoms with Gasteiger partial charge in [0.25, 0.3) is 0 Å². The topological polar surface area (TPSA) is 108 Å². The van der Waals surface area contributed by atoms with Crippen LogP contribution in [0, 0.1) is 27.4 Å². The molecule has 9 heteroatoms. The van der Waals surface area contributed by atoms with Crippen LogP contribution in [0.25, 0.3) is 0 Å². The van der Waals surface area contributed by atoms with E-state index in [4.69, 9.17) is 9.16 Å². The van der Waals surface area contributed by atoms with Crippen molar-refractivity contribution in [2.45, 2.75) is 59.4 Å². The standard InChI is InChI=1S/C20H30N2O6Si/c1-12(18(24)27-14-11-9-8-10-13(14)22(25)26)16-15(17(23)21-16)20(5,19(2,3)4)28-29(6)7/h8-12,15-16,29H,1-7H3,(H,21,23)/t12-,15-,16-,20-/m1/s1. The molecule has 1 amide bonds. The maximum absolute atomic E-state index is 12.7. The van der Waals surface area contributed by atoms with E-state index in [9.17, 15) is 19.7 Å². The number of para-hydroxylation sites is 2. The third-order valence-electron chi connectivity index (χ3n) is 5.70. The summed E-state index contributed by atoms with van der Waals surface area (Å²) in [6.07, 6.45) is 0. The number of ether oxygens (including phenoxy) is 1. The molecule has 1 aromatic rings. The first-order valence-electron chi connectivity index (χ1n) is 9.73. The molecule has 0 saturated carbocycles. The summed E-state index contributed by atoms with van der Waals surface area (Å²) in [6, 6.07) is 5.25. The molecule has 160 valence electrons. The average molecular weight is 423 g/mol. The first-order chi connectivity index (χ1) is 13.3. The van der Waals surface area contributed by atoms with Crippen LogP contribution in [-0.2, 0) is 14.0 Å². The largest absolute Gasteiger partial charge is 0.419 e. The molecule has 0 unspecified atom stereocenters. The lowest BCUT2D eigenvalue weighted by molar-refractivity contribution is -0.385. The maximum Gasteiger partial charge on any atom is 0.316 e. The van der Waals surface area contributed by atoms with Gasteiger partial charge in [-0.25, -0.2) is 0 Å². The third-order valence-corrected chi connectivity index (χ3v) is 6.66. The molecule has 1 aliphatic heterocycles. The van der Waals surface area contributed by atoms with Crippen LogP contribution in [0.4, 0.5) is 5.69 Å².